The highest BCUT2D eigenvalue weighted by atomic mass is 32.3. The molecule has 0 saturated carbocycles. The lowest BCUT2D eigenvalue weighted by Gasteiger charge is -2.41. The maximum absolute atomic E-state index is 12.9. The van der Waals surface area contributed by atoms with E-state index in [2.05, 4.69) is 140 Å². The summed E-state index contributed by atoms with van der Waals surface area (Å²) in [7, 11) is -5.08. The normalized spacial score (nSPS) is 20.4. The fourth-order valence-electron chi connectivity index (χ4n) is 6.84. The van der Waals surface area contributed by atoms with Gasteiger partial charge < -0.3 is 34.3 Å². The van der Waals surface area contributed by atoms with Crippen molar-refractivity contribution in [2.45, 2.75) is 192 Å². The zero-order valence-corrected chi connectivity index (χ0v) is 42.2. The van der Waals surface area contributed by atoms with Crippen LogP contribution in [0.15, 0.2) is 122 Å². The van der Waals surface area contributed by atoms with Crippen LogP contribution in [-0.2, 0) is 38.3 Å². The second kappa shape index (κ2) is 44.7. The zero-order valence-electron chi connectivity index (χ0n) is 41.4. The van der Waals surface area contributed by atoms with Crippen molar-refractivity contribution < 1.29 is 56.2 Å². The van der Waals surface area contributed by atoms with Crippen molar-refractivity contribution in [2.24, 2.45) is 0 Å². The molecule has 0 aromatic heterocycles. The van der Waals surface area contributed by atoms with Crippen LogP contribution < -0.4 is 0 Å². The largest absolute Gasteiger partial charge is 0.457 e. The van der Waals surface area contributed by atoms with Crippen molar-refractivity contribution in [3.05, 3.63) is 122 Å². The molecule has 4 N–H and O–H groups in total. The molecule has 12 nitrogen and oxygen atoms in total. The maximum atomic E-state index is 12.9. The summed E-state index contributed by atoms with van der Waals surface area (Å²) in [6.07, 6.45) is 55.1. The molecule has 0 spiro atoms. The smallest absolute Gasteiger partial charge is 0.397 e. The molecular formula is C55H88O12S. The summed E-state index contributed by atoms with van der Waals surface area (Å²) in [5, 5.41) is 30.7. The first-order valence-electron chi connectivity index (χ1n) is 25.3. The summed E-state index contributed by atoms with van der Waals surface area (Å²) in [6, 6.07) is 0. The van der Waals surface area contributed by atoms with Gasteiger partial charge in [-0.15, -0.1) is 0 Å². The fourth-order valence-corrected chi connectivity index (χ4v) is 7.35. The number of esters is 1. The van der Waals surface area contributed by atoms with Crippen LogP contribution in [0.3, 0.4) is 0 Å². The van der Waals surface area contributed by atoms with Gasteiger partial charge in [0.1, 0.15) is 30.5 Å². The molecular weight excluding hydrogens is 885 g/mol. The lowest BCUT2D eigenvalue weighted by molar-refractivity contribution is -0.301. The molecule has 1 saturated heterocycles. The van der Waals surface area contributed by atoms with Crippen LogP contribution in [0, 0.1) is 0 Å². The van der Waals surface area contributed by atoms with Gasteiger partial charge >= 0.3 is 16.4 Å². The van der Waals surface area contributed by atoms with E-state index < -0.39 is 59.8 Å². The minimum atomic E-state index is -5.08. The van der Waals surface area contributed by atoms with Crippen molar-refractivity contribution in [3.8, 4) is 0 Å². The van der Waals surface area contributed by atoms with Gasteiger partial charge in [-0.25, -0.2) is 4.18 Å². The van der Waals surface area contributed by atoms with Gasteiger partial charge in [0.15, 0.2) is 6.29 Å². The number of ether oxygens (including phenoxy) is 4. The third-order valence-electron chi connectivity index (χ3n) is 10.6. The van der Waals surface area contributed by atoms with Crippen molar-refractivity contribution in [3.63, 3.8) is 0 Å². The number of allylic oxidation sites excluding steroid dienone is 20. The van der Waals surface area contributed by atoms with Crippen LogP contribution >= 0.6 is 0 Å². The second-order valence-electron chi connectivity index (χ2n) is 16.6. The van der Waals surface area contributed by atoms with Gasteiger partial charge in [0.2, 0.25) is 0 Å². The van der Waals surface area contributed by atoms with E-state index >= 15 is 0 Å². The minimum Gasteiger partial charge on any atom is -0.457 e. The minimum absolute atomic E-state index is 0.00405. The van der Waals surface area contributed by atoms with Crippen LogP contribution in [0.2, 0.25) is 0 Å². The number of hydrogen-bond donors (Lipinski definition) is 4. The van der Waals surface area contributed by atoms with E-state index in [4.69, 9.17) is 18.9 Å². The number of aliphatic hydroxyl groups excluding tert-OH is 3. The van der Waals surface area contributed by atoms with Crippen LogP contribution in [0.1, 0.15) is 155 Å². The SMILES string of the molecule is CC/C=C\C/C=C\C/C=C\C/C=C\C/C=C\C/C=C\C/C=C\CCCCCC(=O)OC(COCCCCCCCC/C=C\C/C=C\C/C=C\CC)COC1OC(CO)C(O)C(OS(=O)(=O)O)C1O. The Balaban J connectivity index is 2.42. The summed E-state index contributed by atoms with van der Waals surface area (Å²) in [4.78, 5) is 12.9. The van der Waals surface area contributed by atoms with E-state index in [9.17, 15) is 33.1 Å². The molecule has 6 atom stereocenters. The van der Waals surface area contributed by atoms with Crippen molar-refractivity contribution in [2.75, 3.05) is 26.4 Å². The van der Waals surface area contributed by atoms with E-state index in [1.807, 2.05) is 0 Å². The summed E-state index contributed by atoms with van der Waals surface area (Å²) in [6.45, 7) is 3.67. The van der Waals surface area contributed by atoms with Crippen LogP contribution in [0.5, 0.6) is 0 Å². The Labute approximate surface area is 410 Å². The molecule has 386 valence electrons. The molecule has 1 heterocycles. The average molecular weight is 973 g/mol. The maximum Gasteiger partial charge on any atom is 0.397 e. The first kappa shape index (κ1) is 62.5. The molecule has 1 rings (SSSR count). The predicted octanol–water partition coefficient (Wildman–Crippen LogP) is 11.7. The third-order valence-corrected chi connectivity index (χ3v) is 11.0. The molecule has 0 aromatic rings. The van der Waals surface area contributed by atoms with Gasteiger partial charge in [0.05, 0.1) is 19.8 Å². The van der Waals surface area contributed by atoms with Gasteiger partial charge in [0, 0.05) is 13.0 Å². The second-order valence-corrected chi connectivity index (χ2v) is 17.7. The average Bonchev–Trinajstić information content (AvgIpc) is 3.31. The number of carbonyl (C=O) groups is 1. The Hall–Kier alpha value is -3.50. The van der Waals surface area contributed by atoms with E-state index in [0.29, 0.717) is 13.0 Å². The predicted molar refractivity (Wildman–Crippen MR) is 275 cm³/mol. The monoisotopic (exact) mass is 973 g/mol. The van der Waals surface area contributed by atoms with Crippen LogP contribution in [0.25, 0.3) is 0 Å². The Morgan fingerprint density at radius 1 is 0.559 bits per heavy atom. The fraction of sp³-hybridized carbons (Fsp3) is 0.618. The highest BCUT2D eigenvalue weighted by molar-refractivity contribution is 7.80. The van der Waals surface area contributed by atoms with Gasteiger partial charge in [-0.2, -0.15) is 8.42 Å². The number of carbonyl (C=O) groups excluding carboxylic acids is 1. The lowest BCUT2D eigenvalue weighted by Crippen LogP contribution is -2.60. The van der Waals surface area contributed by atoms with Crippen molar-refractivity contribution >= 4 is 16.4 Å². The van der Waals surface area contributed by atoms with Gasteiger partial charge in [-0.1, -0.05) is 167 Å². The molecule has 0 amide bonds. The summed E-state index contributed by atoms with van der Waals surface area (Å²) in [5.41, 5.74) is 0. The topological polar surface area (TPSA) is 178 Å². The van der Waals surface area contributed by atoms with Crippen molar-refractivity contribution in [1.29, 1.82) is 0 Å². The lowest BCUT2D eigenvalue weighted by atomic mass is 9.99. The molecule has 1 aliphatic heterocycles. The highest BCUT2D eigenvalue weighted by Crippen LogP contribution is 2.26. The molecule has 0 radical (unpaired) electrons. The van der Waals surface area contributed by atoms with Gasteiger partial charge in [0.25, 0.3) is 0 Å². The van der Waals surface area contributed by atoms with E-state index in [1.165, 1.54) is 6.42 Å². The first-order chi connectivity index (χ1) is 33.1. The molecule has 1 fully saturated rings. The van der Waals surface area contributed by atoms with Crippen LogP contribution in [0.4, 0.5) is 0 Å². The van der Waals surface area contributed by atoms with Crippen LogP contribution in [-0.4, -0.2) is 97.5 Å². The molecule has 6 unspecified atom stereocenters. The zero-order chi connectivity index (χ0) is 49.6. The molecule has 0 bridgehead atoms. The highest BCUT2D eigenvalue weighted by Gasteiger charge is 2.48. The molecule has 0 aliphatic carbocycles. The number of aliphatic hydroxyl groups is 3. The van der Waals surface area contributed by atoms with E-state index in [1.54, 1.807) is 0 Å². The van der Waals surface area contributed by atoms with Gasteiger partial charge in [-0.05, 0) is 103 Å². The summed E-state index contributed by atoms with van der Waals surface area (Å²) >= 11 is 0. The standard InChI is InChI=1S/C55H88O12S/c1-3-5-7-9-11-13-15-17-19-21-22-23-24-25-26-27-28-29-30-32-34-36-38-40-42-44-51(57)65-49(48-64-55-53(59)54(67-68(60,61)62)52(58)50(46-56)66-55)47-63-45-43-41-39-37-35-33-31-20-18-16-14-12-10-8-6-4-2/h5-8,11-14,17-20,22-23,25-26,28-29,32,34,49-50,52-56,58-59H,3-4,9-10,15-16,21,24,27,30-31,33,35-48H2,1-2H3,(H,60,61,62)/b7-5-,8-6-,13-11-,14-12-,19-17-,20-18-,23-22-,26-25-,29-28-,34-32-. The van der Waals surface area contributed by atoms with E-state index in [0.717, 1.165) is 122 Å². The Bertz CT molecular complexity index is 1640. The van der Waals surface area contributed by atoms with Crippen molar-refractivity contribution in [1.82, 2.24) is 0 Å². The molecule has 1 aliphatic rings. The third kappa shape index (κ3) is 37.4. The summed E-state index contributed by atoms with van der Waals surface area (Å²) in [5.74, 6) is -0.442. The quantitative estimate of drug-likeness (QED) is 0.0197. The molecule has 68 heavy (non-hydrogen) atoms. The van der Waals surface area contributed by atoms with E-state index in [-0.39, 0.29) is 19.6 Å². The Morgan fingerprint density at radius 3 is 1.41 bits per heavy atom. The van der Waals surface area contributed by atoms with Gasteiger partial charge in [-0.3, -0.25) is 9.35 Å². The Morgan fingerprint density at radius 2 is 0.971 bits per heavy atom. The molecule has 13 heteroatoms. The molecule has 0 aromatic carbocycles. The first-order valence-corrected chi connectivity index (χ1v) is 26.7. The number of rotatable bonds is 42. The number of unbranched alkanes of at least 4 members (excludes halogenated alkanes) is 9. The number of hydrogen-bond acceptors (Lipinski definition) is 11. The Kier molecular flexibility index (Phi) is 41.1. The summed E-state index contributed by atoms with van der Waals surface area (Å²) < 4.78 is 59.2.